The van der Waals surface area contributed by atoms with Gasteiger partial charge in [-0.1, -0.05) is 17.3 Å². The Morgan fingerprint density at radius 2 is 1.90 bits per heavy atom. The fourth-order valence-electron chi connectivity index (χ4n) is 3.38. The number of hydrogen-bond donors (Lipinski definition) is 1. The van der Waals surface area contributed by atoms with E-state index < -0.39 is 0 Å². The van der Waals surface area contributed by atoms with Gasteiger partial charge < -0.3 is 19.5 Å². The smallest absolute Gasteiger partial charge is 0.317 e. The number of nitrogens with one attached hydrogen (secondary N) is 1. The van der Waals surface area contributed by atoms with Gasteiger partial charge in [0.25, 0.3) is 0 Å². The predicted molar refractivity (Wildman–Crippen MR) is 106 cm³/mol. The zero-order valence-corrected chi connectivity index (χ0v) is 16.2. The number of benzene rings is 1. The summed E-state index contributed by atoms with van der Waals surface area (Å²) in [5.41, 5.74) is 1.91. The van der Waals surface area contributed by atoms with Gasteiger partial charge in [-0.15, -0.1) is 0 Å². The van der Waals surface area contributed by atoms with Gasteiger partial charge in [-0.3, -0.25) is 4.98 Å². The van der Waals surface area contributed by atoms with E-state index in [1.54, 1.807) is 19.5 Å². The Kier molecular flexibility index (Phi) is 5.69. The summed E-state index contributed by atoms with van der Waals surface area (Å²) < 4.78 is 10.6. The van der Waals surface area contributed by atoms with Crippen LogP contribution < -0.4 is 10.1 Å². The Hall–Kier alpha value is -3.42. The fraction of sp³-hybridized carbons (Fsp3) is 0.333. The highest BCUT2D eigenvalue weighted by atomic mass is 16.5. The van der Waals surface area contributed by atoms with E-state index in [0.717, 1.165) is 29.7 Å². The van der Waals surface area contributed by atoms with Crippen molar-refractivity contribution in [2.24, 2.45) is 0 Å². The first-order valence-electron chi connectivity index (χ1n) is 9.62. The minimum atomic E-state index is -0.0535. The molecule has 0 spiro atoms. The van der Waals surface area contributed by atoms with Crippen molar-refractivity contribution in [1.29, 1.82) is 0 Å². The van der Waals surface area contributed by atoms with Crippen molar-refractivity contribution in [3.8, 4) is 17.1 Å². The highest BCUT2D eigenvalue weighted by Gasteiger charge is 2.27. The van der Waals surface area contributed by atoms with E-state index >= 15 is 0 Å². The van der Waals surface area contributed by atoms with Gasteiger partial charge in [-0.25, -0.2) is 4.79 Å². The number of pyridine rings is 1. The number of carbonyl (C=O) groups is 1. The number of rotatable bonds is 5. The number of carbonyl (C=O) groups excluding carboxylic acids is 1. The summed E-state index contributed by atoms with van der Waals surface area (Å²) in [5, 5.41) is 7.05. The molecule has 1 fully saturated rings. The molecule has 0 unspecified atom stereocenters. The Morgan fingerprint density at radius 1 is 1.17 bits per heavy atom. The molecule has 8 nitrogen and oxygen atoms in total. The van der Waals surface area contributed by atoms with Gasteiger partial charge in [0, 0.05) is 43.5 Å². The summed E-state index contributed by atoms with van der Waals surface area (Å²) in [6.45, 7) is 1.81. The van der Waals surface area contributed by atoms with Crippen molar-refractivity contribution >= 4 is 6.03 Å². The lowest BCUT2D eigenvalue weighted by Gasteiger charge is -2.30. The molecule has 3 aromatic rings. The number of likely N-dealkylation sites (tertiary alicyclic amines) is 1. The van der Waals surface area contributed by atoms with Crippen LogP contribution in [-0.4, -0.2) is 46.3 Å². The van der Waals surface area contributed by atoms with Crippen LogP contribution in [0.4, 0.5) is 4.79 Å². The van der Waals surface area contributed by atoms with Gasteiger partial charge in [0.15, 0.2) is 0 Å². The normalized spacial score (nSPS) is 14.6. The zero-order chi connectivity index (χ0) is 20.1. The second-order valence-electron chi connectivity index (χ2n) is 6.96. The first-order valence-corrected chi connectivity index (χ1v) is 9.62. The number of ether oxygens (including phenoxy) is 1. The molecule has 0 saturated carbocycles. The van der Waals surface area contributed by atoms with Crippen molar-refractivity contribution in [2.45, 2.75) is 25.3 Å². The van der Waals surface area contributed by atoms with Crippen LogP contribution >= 0.6 is 0 Å². The molecular weight excluding hydrogens is 370 g/mol. The molecule has 2 aromatic heterocycles. The number of methoxy groups -OCH3 is 1. The van der Waals surface area contributed by atoms with E-state index in [1.165, 1.54) is 0 Å². The van der Waals surface area contributed by atoms with Crippen molar-refractivity contribution in [3.63, 3.8) is 0 Å². The molecule has 4 rings (SSSR count). The summed E-state index contributed by atoms with van der Waals surface area (Å²) in [6, 6.07) is 11.3. The number of hydrogen-bond acceptors (Lipinski definition) is 6. The van der Waals surface area contributed by atoms with E-state index in [2.05, 4.69) is 20.4 Å². The molecule has 2 amide bonds. The molecule has 0 bridgehead atoms. The van der Waals surface area contributed by atoms with E-state index in [9.17, 15) is 4.79 Å². The van der Waals surface area contributed by atoms with E-state index in [4.69, 9.17) is 9.26 Å². The van der Waals surface area contributed by atoms with Crippen LogP contribution in [0, 0.1) is 0 Å². The Balaban J connectivity index is 1.27. The van der Waals surface area contributed by atoms with Crippen molar-refractivity contribution in [3.05, 3.63) is 60.2 Å². The summed E-state index contributed by atoms with van der Waals surface area (Å²) in [5.74, 6) is 2.18. The average molecular weight is 393 g/mol. The van der Waals surface area contributed by atoms with Crippen LogP contribution in [0.3, 0.4) is 0 Å². The van der Waals surface area contributed by atoms with Crippen LogP contribution in [0.5, 0.6) is 5.75 Å². The topological polar surface area (TPSA) is 93.4 Å². The van der Waals surface area contributed by atoms with Crippen LogP contribution in [0.15, 0.2) is 53.3 Å². The molecule has 1 N–H and O–H groups in total. The zero-order valence-electron chi connectivity index (χ0n) is 16.2. The maximum absolute atomic E-state index is 12.5. The van der Waals surface area contributed by atoms with Crippen molar-refractivity contribution < 1.29 is 14.1 Å². The largest absolute Gasteiger partial charge is 0.497 e. The maximum Gasteiger partial charge on any atom is 0.317 e. The van der Waals surface area contributed by atoms with Gasteiger partial charge >= 0.3 is 6.03 Å². The Morgan fingerprint density at radius 3 is 2.59 bits per heavy atom. The van der Waals surface area contributed by atoms with Gasteiger partial charge in [0.05, 0.1) is 7.11 Å². The fourth-order valence-corrected chi connectivity index (χ4v) is 3.38. The van der Waals surface area contributed by atoms with E-state index in [0.29, 0.717) is 31.3 Å². The Bertz CT molecular complexity index is 934. The molecule has 29 heavy (non-hydrogen) atoms. The average Bonchev–Trinajstić information content (AvgIpc) is 3.29. The van der Waals surface area contributed by atoms with Crippen LogP contribution in [0.25, 0.3) is 11.4 Å². The highest BCUT2D eigenvalue weighted by molar-refractivity contribution is 5.74. The van der Waals surface area contributed by atoms with Gasteiger partial charge in [-0.2, -0.15) is 4.98 Å². The third kappa shape index (κ3) is 4.53. The number of nitrogens with zero attached hydrogens (tertiary/aromatic N) is 4. The lowest BCUT2D eigenvalue weighted by atomic mass is 9.97. The quantitative estimate of drug-likeness (QED) is 0.715. The molecule has 150 valence electrons. The van der Waals surface area contributed by atoms with Crippen LogP contribution in [-0.2, 0) is 6.54 Å². The number of amides is 2. The molecule has 1 saturated heterocycles. The number of urea groups is 1. The van der Waals surface area contributed by atoms with Crippen LogP contribution in [0.1, 0.15) is 30.2 Å². The summed E-state index contributed by atoms with van der Waals surface area (Å²) in [4.78, 5) is 22.8. The summed E-state index contributed by atoms with van der Waals surface area (Å²) >= 11 is 0. The second kappa shape index (κ2) is 8.72. The Labute approximate surface area is 168 Å². The van der Waals surface area contributed by atoms with Gasteiger partial charge in [-0.05, 0) is 42.7 Å². The second-order valence-corrected chi connectivity index (χ2v) is 6.96. The van der Waals surface area contributed by atoms with E-state index in [1.807, 2.05) is 41.3 Å². The minimum Gasteiger partial charge on any atom is -0.497 e. The first kappa shape index (κ1) is 18.9. The molecule has 0 radical (unpaired) electrons. The molecule has 1 aliphatic rings. The molecule has 3 heterocycles. The van der Waals surface area contributed by atoms with Crippen molar-refractivity contribution in [2.75, 3.05) is 20.2 Å². The van der Waals surface area contributed by atoms with Gasteiger partial charge in [0.2, 0.25) is 11.7 Å². The lowest BCUT2D eigenvalue weighted by molar-refractivity contribution is 0.175. The number of aromatic nitrogens is 3. The summed E-state index contributed by atoms with van der Waals surface area (Å²) in [7, 11) is 1.63. The highest BCUT2D eigenvalue weighted by Crippen LogP contribution is 2.28. The standard InChI is InChI=1S/C21H23N5O3/c1-28-18-4-2-15(3-5-18)14-23-21(27)26-12-8-17(9-13-26)20-24-19(25-29-20)16-6-10-22-11-7-16/h2-7,10-11,17H,8-9,12-14H2,1H3,(H,23,27). The molecule has 0 aliphatic carbocycles. The maximum atomic E-state index is 12.5. The number of piperidine rings is 1. The van der Waals surface area contributed by atoms with Crippen molar-refractivity contribution in [1.82, 2.24) is 25.3 Å². The monoisotopic (exact) mass is 393 g/mol. The molecular formula is C21H23N5O3. The third-order valence-electron chi connectivity index (χ3n) is 5.11. The van der Waals surface area contributed by atoms with E-state index in [-0.39, 0.29) is 11.9 Å². The third-order valence-corrected chi connectivity index (χ3v) is 5.11. The SMILES string of the molecule is COc1ccc(CNC(=O)N2CCC(c3nc(-c4ccncc4)no3)CC2)cc1. The molecule has 8 heteroatoms. The van der Waals surface area contributed by atoms with Gasteiger partial charge in [0.1, 0.15) is 5.75 Å². The summed E-state index contributed by atoms with van der Waals surface area (Å²) in [6.07, 6.45) is 5.00. The predicted octanol–water partition coefficient (Wildman–Crippen LogP) is 3.23. The molecule has 1 aliphatic heterocycles. The molecule has 1 aromatic carbocycles. The van der Waals surface area contributed by atoms with Crippen LogP contribution in [0.2, 0.25) is 0 Å². The first-order chi connectivity index (χ1) is 14.2. The lowest BCUT2D eigenvalue weighted by Crippen LogP contribution is -2.43. The molecule has 0 atom stereocenters. The minimum absolute atomic E-state index is 0.0535.